The molecule has 0 aliphatic rings. The zero-order valence-corrected chi connectivity index (χ0v) is 18.4. The zero-order chi connectivity index (χ0) is 24.1. The lowest BCUT2D eigenvalue weighted by atomic mass is 10.1. The molecule has 0 unspecified atom stereocenters. The molecule has 1 heterocycles. The van der Waals surface area contributed by atoms with Gasteiger partial charge in [0, 0.05) is 18.3 Å². The number of hydrogen-bond acceptors (Lipinski definition) is 5. The summed E-state index contributed by atoms with van der Waals surface area (Å²) in [6, 6.07) is 19.8. The lowest BCUT2D eigenvalue weighted by Crippen LogP contribution is -2.18. The first-order valence-corrected chi connectivity index (χ1v) is 10.5. The number of para-hydroxylation sites is 1. The van der Waals surface area contributed by atoms with Gasteiger partial charge in [0.05, 0.1) is 45.2 Å². The molecule has 4 aromatic rings. The van der Waals surface area contributed by atoms with Gasteiger partial charge in [-0.25, -0.2) is 0 Å². The first-order chi connectivity index (χ1) is 16.4. The van der Waals surface area contributed by atoms with Crippen LogP contribution in [0.5, 0.6) is 0 Å². The maximum Gasteiger partial charge on any atom is 0.270 e. The first-order valence-electron chi connectivity index (χ1n) is 10.1. The van der Waals surface area contributed by atoms with Crippen molar-refractivity contribution in [1.29, 1.82) is 0 Å². The van der Waals surface area contributed by atoms with Crippen LogP contribution in [0, 0.1) is 10.1 Å². The Morgan fingerprint density at radius 1 is 0.941 bits per heavy atom. The summed E-state index contributed by atoms with van der Waals surface area (Å²) in [5.41, 5.74) is 1.88. The summed E-state index contributed by atoms with van der Waals surface area (Å²) in [6.07, 6.45) is 3.25. The maximum absolute atomic E-state index is 12.9. The molecule has 3 aromatic carbocycles. The summed E-state index contributed by atoms with van der Waals surface area (Å²) < 4.78 is 1.70. The third kappa shape index (κ3) is 5.28. The topological polar surface area (TPSA) is 119 Å². The number of amides is 2. The lowest BCUT2D eigenvalue weighted by molar-refractivity contribution is -0.384. The molecule has 0 aliphatic heterocycles. The molecule has 1 aromatic heterocycles. The Bertz CT molecular complexity index is 1370. The fraction of sp³-hybridized carbons (Fsp3) is 0.0417. The number of nitrogens with one attached hydrogen (secondary N) is 2. The molecule has 0 radical (unpaired) electrons. The Morgan fingerprint density at radius 3 is 2.38 bits per heavy atom. The molecular weight excluding hydrogens is 458 g/mol. The number of nitrogens with zero attached hydrogens (tertiary/aromatic N) is 3. The number of nitro groups is 1. The van der Waals surface area contributed by atoms with Gasteiger partial charge in [0.15, 0.2) is 0 Å². The van der Waals surface area contributed by atoms with E-state index in [1.807, 2.05) is 30.3 Å². The van der Waals surface area contributed by atoms with Crippen molar-refractivity contribution in [2.24, 2.45) is 0 Å². The molecule has 0 saturated heterocycles. The Hall–Kier alpha value is -4.50. The van der Waals surface area contributed by atoms with Gasteiger partial charge in [-0.3, -0.25) is 24.4 Å². The molecule has 2 N–H and O–H groups in total. The van der Waals surface area contributed by atoms with Crippen molar-refractivity contribution in [3.05, 3.63) is 117 Å². The number of carbonyl (C=O) groups excluding carboxylic acids is 2. The minimum Gasteiger partial charge on any atom is -0.321 e. The first kappa shape index (κ1) is 22.7. The average Bonchev–Trinajstić information content (AvgIpc) is 3.26. The Kier molecular flexibility index (Phi) is 6.65. The number of carbonyl (C=O) groups is 2. The second-order valence-corrected chi connectivity index (χ2v) is 7.69. The van der Waals surface area contributed by atoms with Crippen molar-refractivity contribution in [1.82, 2.24) is 9.78 Å². The molecule has 34 heavy (non-hydrogen) atoms. The number of aromatic nitrogens is 2. The summed E-state index contributed by atoms with van der Waals surface area (Å²) in [4.78, 5) is 35.9. The summed E-state index contributed by atoms with van der Waals surface area (Å²) in [5.74, 6) is -1.04. The van der Waals surface area contributed by atoms with Crippen LogP contribution in [0.1, 0.15) is 26.3 Å². The van der Waals surface area contributed by atoms with Gasteiger partial charge < -0.3 is 10.6 Å². The average molecular weight is 476 g/mol. The predicted molar refractivity (Wildman–Crippen MR) is 128 cm³/mol. The minimum absolute atomic E-state index is 0.0460. The van der Waals surface area contributed by atoms with Crippen LogP contribution < -0.4 is 10.6 Å². The molecule has 9 nitrogen and oxygen atoms in total. The number of benzene rings is 3. The summed E-state index contributed by atoms with van der Waals surface area (Å²) in [5, 5.41) is 20.5. The van der Waals surface area contributed by atoms with Gasteiger partial charge in [-0.2, -0.15) is 5.10 Å². The number of halogens is 1. The number of anilines is 2. The molecular formula is C24H18ClN5O4. The lowest BCUT2D eigenvalue weighted by Gasteiger charge is -2.11. The number of nitro benzene ring substituents is 1. The Balaban J connectivity index is 1.47. The number of hydrogen-bond donors (Lipinski definition) is 2. The van der Waals surface area contributed by atoms with Crippen molar-refractivity contribution in [2.45, 2.75) is 6.54 Å². The van der Waals surface area contributed by atoms with Crippen LogP contribution in [0.2, 0.25) is 5.02 Å². The van der Waals surface area contributed by atoms with Gasteiger partial charge in [0.2, 0.25) is 0 Å². The molecule has 0 saturated carbocycles. The predicted octanol–water partition coefficient (Wildman–Crippen LogP) is 5.00. The number of non-ortho nitro benzene ring substituents is 1. The van der Waals surface area contributed by atoms with E-state index in [9.17, 15) is 19.7 Å². The highest BCUT2D eigenvalue weighted by Crippen LogP contribution is 2.24. The van der Waals surface area contributed by atoms with Crippen molar-refractivity contribution >= 4 is 40.5 Å². The normalized spacial score (nSPS) is 10.5. The van der Waals surface area contributed by atoms with Crippen LogP contribution in [0.4, 0.5) is 17.1 Å². The van der Waals surface area contributed by atoms with Gasteiger partial charge in [-0.15, -0.1) is 0 Å². The van der Waals surface area contributed by atoms with E-state index in [1.54, 1.807) is 41.3 Å². The highest BCUT2D eigenvalue weighted by Gasteiger charge is 2.18. The van der Waals surface area contributed by atoms with Gasteiger partial charge in [0.25, 0.3) is 17.5 Å². The minimum atomic E-state index is -0.602. The summed E-state index contributed by atoms with van der Waals surface area (Å²) in [6.45, 7) is 0.555. The van der Waals surface area contributed by atoms with E-state index in [1.165, 1.54) is 12.1 Å². The van der Waals surface area contributed by atoms with Crippen LogP contribution in [-0.2, 0) is 6.54 Å². The van der Waals surface area contributed by atoms with Gasteiger partial charge in [-0.1, -0.05) is 54.1 Å². The fourth-order valence-corrected chi connectivity index (χ4v) is 3.53. The fourth-order valence-electron chi connectivity index (χ4n) is 3.26. The SMILES string of the molecule is O=C(Nc1ccccc1C(=O)Nc1cnn(Cc2ccccc2)c1)c1ccc([N+](=O)[O-])cc1Cl. The second kappa shape index (κ2) is 9.97. The van der Waals surface area contributed by atoms with Crippen molar-refractivity contribution in [3.8, 4) is 0 Å². The highest BCUT2D eigenvalue weighted by atomic mass is 35.5. The molecule has 0 fully saturated rings. The van der Waals surface area contributed by atoms with Crippen LogP contribution in [0.15, 0.2) is 85.2 Å². The second-order valence-electron chi connectivity index (χ2n) is 7.29. The van der Waals surface area contributed by atoms with Crippen LogP contribution >= 0.6 is 11.6 Å². The number of rotatable bonds is 7. The Morgan fingerprint density at radius 2 is 1.65 bits per heavy atom. The van der Waals surface area contributed by atoms with E-state index in [2.05, 4.69) is 15.7 Å². The quantitative estimate of drug-likeness (QED) is 0.288. The largest absolute Gasteiger partial charge is 0.321 e. The monoisotopic (exact) mass is 475 g/mol. The van der Waals surface area contributed by atoms with E-state index in [-0.39, 0.29) is 27.5 Å². The third-order valence-electron chi connectivity index (χ3n) is 4.91. The molecule has 0 atom stereocenters. The van der Waals surface area contributed by atoms with E-state index in [0.717, 1.165) is 11.6 Å². The van der Waals surface area contributed by atoms with Gasteiger partial charge in [-0.05, 0) is 23.8 Å². The molecule has 2 amide bonds. The molecule has 170 valence electrons. The smallest absolute Gasteiger partial charge is 0.270 e. The van der Waals surface area contributed by atoms with Crippen molar-refractivity contribution in [3.63, 3.8) is 0 Å². The van der Waals surface area contributed by atoms with Crippen LogP contribution in [-0.4, -0.2) is 26.5 Å². The molecule has 0 bridgehead atoms. The molecule has 10 heteroatoms. The molecule has 4 rings (SSSR count). The summed E-state index contributed by atoms with van der Waals surface area (Å²) in [7, 11) is 0. The van der Waals surface area contributed by atoms with E-state index in [4.69, 9.17) is 11.6 Å². The van der Waals surface area contributed by atoms with E-state index in [0.29, 0.717) is 12.2 Å². The highest BCUT2D eigenvalue weighted by molar-refractivity contribution is 6.34. The standard InChI is InChI=1S/C24H18ClN5O4/c25-21-12-18(30(33)34)10-11-19(21)23(31)28-22-9-5-4-8-20(22)24(32)27-17-13-26-29(15-17)14-16-6-2-1-3-7-16/h1-13,15H,14H2,(H,27,32)(H,28,31). The van der Waals surface area contributed by atoms with Gasteiger partial charge in [0.1, 0.15) is 0 Å². The van der Waals surface area contributed by atoms with Crippen LogP contribution in [0.3, 0.4) is 0 Å². The van der Waals surface area contributed by atoms with Gasteiger partial charge >= 0.3 is 0 Å². The zero-order valence-electron chi connectivity index (χ0n) is 17.6. The molecule has 0 aliphatic carbocycles. The van der Waals surface area contributed by atoms with Crippen LogP contribution in [0.25, 0.3) is 0 Å². The van der Waals surface area contributed by atoms with E-state index < -0.39 is 16.7 Å². The van der Waals surface area contributed by atoms with E-state index >= 15 is 0 Å². The molecule has 0 spiro atoms. The van der Waals surface area contributed by atoms with Crippen molar-refractivity contribution in [2.75, 3.05) is 10.6 Å². The van der Waals surface area contributed by atoms with Crippen molar-refractivity contribution < 1.29 is 14.5 Å². The third-order valence-corrected chi connectivity index (χ3v) is 5.22. The summed E-state index contributed by atoms with van der Waals surface area (Å²) >= 11 is 6.05. The Labute approximate surface area is 199 Å². The maximum atomic E-state index is 12.9.